The molecule has 1 fully saturated rings. The lowest BCUT2D eigenvalue weighted by Crippen LogP contribution is -2.49. The molecular formula is C25H41N3O2SSi. The Hall–Kier alpha value is -0.993. The number of thiophene rings is 1. The first-order valence-electron chi connectivity index (χ1n) is 12.1. The van der Waals surface area contributed by atoms with Gasteiger partial charge < -0.3 is 9.16 Å². The Morgan fingerprint density at radius 1 is 1.34 bits per heavy atom. The van der Waals surface area contributed by atoms with Crippen LogP contribution in [0.5, 0.6) is 0 Å². The van der Waals surface area contributed by atoms with Crippen LogP contribution in [-0.4, -0.2) is 48.8 Å². The standard InChI is InChI=1S/C25H41N3O2SSi/c1-19-15-25(23-22(8-12-29-25)14-20(2)31-23)9-10-27(19)17-21-16-26-28(18-21)11-13-30-32(6,7)24(3,4)5/h14,16,18-19H,8-13,15,17H2,1-7H3/t19-,25+/m0/s1. The van der Waals surface area contributed by atoms with Gasteiger partial charge in [0.1, 0.15) is 5.60 Å². The average molecular weight is 476 g/mol. The Kier molecular flexibility index (Phi) is 6.78. The number of rotatable bonds is 6. The molecule has 178 valence electrons. The molecule has 0 aromatic carbocycles. The Bertz CT molecular complexity index is 932. The summed E-state index contributed by atoms with van der Waals surface area (Å²) >= 11 is 1.95. The fraction of sp³-hybridized carbons (Fsp3) is 0.720. The summed E-state index contributed by atoms with van der Waals surface area (Å²) in [7, 11) is -1.70. The largest absolute Gasteiger partial charge is 0.415 e. The van der Waals surface area contributed by atoms with Crippen molar-refractivity contribution in [2.45, 2.75) is 96.7 Å². The van der Waals surface area contributed by atoms with Gasteiger partial charge in [-0.1, -0.05) is 20.8 Å². The molecule has 0 bridgehead atoms. The number of likely N-dealkylation sites (tertiary alicyclic amines) is 1. The maximum Gasteiger partial charge on any atom is 0.192 e. The van der Waals surface area contributed by atoms with E-state index in [2.05, 4.69) is 70.0 Å². The minimum Gasteiger partial charge on any atom is -0.415 e. The van der Waals surface area contributed by atoms with E-state index in [0.717, 1.165) is 52.1 Å². The number of aromatic nitrogens is 2. The highest BCUT2D eigenvalue weighted by atomic mass is 32.1. The molecule has 0 aliphatic carbocycles. The van der Waals surface area contributed by atoms with Gasteiger partial charge in [0.05, 0.1) is 26.0 Å². The predicted octanol–water partition coefficient (Wildman–Crippen LogP) is 5.73. The van der Waals surface area contributed by atoms with E-state index in [1.165, 1.54) is 20.9 Å². The second-order valence-corrected chi connectivity index (χ2v) is 17.4. The molecule has 0 saturated carbocycles. The molecule has 2 aliphatic rings. The van der Waals surface area contributed by atoms with Crippen LogP contribution >= 0.6 is 11.3 Å². The van der Waals surface area contributed by atoms with E-state index in [0.29, 0.717) is 6.04 Å². The number of hydrogen-bond acceptors (Lipinski definition) is 5. The molecule has 0 radical (unpaired) electrons. The van der Waals surface area contributed by atoms with Gasteiger partial charge in [-0.2, -0.15) is 5.10 Å². The van der Waals surface area contributed by atoms with E-state index in [1.807, 2.05) is 22.2 Å². The van der Waals surface area contributed by atoms with Crippen molar-refractivity contribution in [3.63, 3.8) is 0 Å². The van der Waals surface area contributed by atoms with Crippen LogP contribution in [0.1, 0.15) is 61.4 Å². The SMILES string of the molecule is Cc1cc2c(s1)[C@]1(CCN(Cc3cnn(CCO[Si](C)(C)C(C)(C)C)c3)[C@@H](C)C1)OCC2. The summed E-state index contributed by atoms with van der Waals surface area (Å²) < 4.78 is 14.8. The first-order chi connectivity index (χ1) is 15.0. The van der Waals surface area contributed by atoms with Gasteiger partial charge in [-0.05, 0) is 62.9 Å². The Morgan fingerprint density at radius 2 is 2.12 bits per heavy atom. The van der Waals surface area contributed by atoms with E-state index < -0.39 is 8.32 Å². The van der Waals surface area contributed by atoms with Gasteiger partial charge in [0, 0.05) is 40.6 Å². The molecule has 4 heterocycles. The summed E-state index contributed by atoms with van der Waals surface area (Å²) in [5.41, 5.74) is 2.76. The molecule has 2 atom stereocenters. The van der Waals surface area contributed by atoms with Gasteiger partial charge in [-0.25, -0.2) is 0 Å². The van der Waals surface area contributed by atoms with Crippen LogP contribution in [-0.2, 0) is 34.3 Å². The van der Waals surface area contributed by atoms with Crippen molar-refractivity contribution in [3.05, 3.63) is 39.3 Å². The second kappa shape index (κ2) is 8.99. The van der Waals surface area contributed by atoms with Gasteiger partial charge in [0.25, 0.3) is 0 Å². The summed E-state index contributed by atoms with van der Waals surface area (Å²) in [5, 5.41) is 4.85. The van der Waals surface area contributed by atoms with Crippen LogP contribution in [0.25, 0.3) is 0 Å². The maximum absolute atomic E-state index is 6.47. The van der Waals surface area contributed by atoms with Crippen LogP contribution in [0.3, 0.4) is 0 Å². The quantitative estimate of drug-likeness (QED) is 0.500. The first-order valence-corrected chi connectivity index (χ1v) is 15.8. The summed E-state index contributed by atoms with van der Waals surface area (Å²) in [6.07, 6.45) is 7.45. The van der Waals surface area contributed by atoms with Gasteiger partial charge in [-0.3, -0.25) is 9.58 Å². The lowest BCUT2D eigenvalue weighted by molar-refractivity contribution is -0.110. The summed E-state index contributed by atoms with van der Waals surface area (Å²) in [6, 6.07) is 2.87. The zero-order valence-corrected chi connectivity index (χ0v) is 22.8. The molecule has 5 nitrogen and oxygen atoms in total. The monoisotopic (exact) mass is 475 g/mol. The summed E-state index contributed by atoms with van der Waals surface area (Å²) in [5.74, 6) is 0. The molecule has 7 heteroatoms. The van der Waals surface area contributed by atoms with Crippen molar-refractivity contribution >= 4 is 19.7 Å². The highest BCUT2D eigenvalue weighted by Crippen LogP contribution is 2.47. The third kappa shape index (κ3) is 4.92. The molecule has 2 aromatic heterocycles. The van der Waals surface area contributed by atoms with Crippen molar-refractivity contribution in [2.24, 2.45) is 0 Å². The second-order valence-electron chi connectivity index (χ2n) is 11.3. The zero-order valence-electron chi connectivity index (χ0n) is 21.0. The lowest BCUT2D eigenvalue weighted by atomic mass is 9.82. The van der Waals surface area contributed by atoms with Crippen molar-refractivity contribution in [1.82, 2.24) is 14.7 Å². The van der Waals surface area contributed by atoms with E-state index in [1.54, 1.807) is 0 Å². The van der Waals surface area contributed by atoms with Gasteiger partial charge in [0.2, 0.25) is 0 Å². The topological polar surface area (TPSA) is 39.5 Å². The van der Waals surface area contributed by atoms with Crippen molar-refractivity contribution in [3.8, 4) is 0 Å². The van der Waals surface area contributed by atoms with Crippen LogP contribution in [0.2, 0.25) is 18.1 Å². The van der Waals surface area contributed by atoms with E-state index in [9.17, 15) is 0 Å². The van der Waals surface area contributed by atoms with Gasteiger partial charge in [0.15, 0.2) is 8.32 Å². The van der Waals surface area contributed by atoms with Crippen molar-refractivity contribution in [1.29, 1.82) is 0 Å². The Labute approximate surface area is 199 Å². The van der Waals surface area contributed by atoms with Crippen LogP contribution in [0.4, 0.5) is 0 Å². The fourth-order valence-electron chi connectivity index (χ4n) is 4.84. The molecule has 1 spiro atoms. The maximum atomic E-state index is 6.47. The summed E-state index contributed by atoms with van der Waals surface area (Å²) in [6.45, 7) is 20.5. The van der Waals surface area contributed by atoms with E-state index >= 15 is 0 Å². The Morgan fingerprint density at radius 3 is 2.84 bits per heavy atom. The minimum atomic E-state index is -1.70. The molecule has 1 saturated heterocycles. The fourth-order valence-corrected chi connectivity index (χ4v) is 7.12. The number of fused-ring (bicyclic) bond motifs is 2. The molecule has 0 unspecified atom stereocenters. The highest BCUT2D eigenvalue weighted by molar-refractivity contribution is 7.12. The predicted molar refractivity (Wildman–Crippen MR) is 135 cm³/mol. The van der Waals surface area contributed by atoms with Crippen LogP contribution in [0.15, 0.2) is 18.5 Å². The Balaban J connectivity index is 1.32. The minimum absolute atomic E-state index is 0.0618. The normalized spacial score (nSPS) is 24.8. The van der Waals surface area contributed by atoms with E-state index in [-0.39, 0.29) is 10.6 Å². The number of piperidine rings is 1. The zero-order chi connectivity index (χ0) is 23.1. The molecular weight excluding hydrogens is 434 g/mol. The number of aryl methyl sites for hydroxylation is 1. The molecule has 0 amide bonds. The highest BCUT2D eigenvalue weighted by Gasteiger charge is 2.44. The third-order valence-corrected chi connectivity index (χ3v) is 13.6. The van der Waals surface area contributed by atoms with Gasteiger partial charge >= 0.3 is 0 Å². The van der Waals surface area contributed by atoms with Crippen LogP contribution in [0, 0.1) is 6.92 Å². The molecule has 4 rings (SSSR count). The average Bonchev–Trinajstić information content (AvgIpc) is 3.30. The van der Waals surface area contributed by atoms with Crippen molar-refractivity contribution in [2.75, 3.05) is 19.8 Å². The van der Waals surface area contributed by atoms with Crippen LogP contribution < -0.4 is 0 Å². The molecule has 32 heavy (non-hydrogen) atoms. The number of nitrogens with zero attached hydrogens (tertiary/aromatic N) is 3. The van der Waals surface area contributed by atoms with Gasteiger partial charge in [-0.15, -0.1) is 11.3 Å². The summed E-state index contributed by atoms with van der Waals surface area (Å²) in [4.78, 5) is 5.51. The smallest absolute Gasteiger partial charge is 0.192 e. The molecule has 2 aromatic rings. The lowest BCUT2D eigenvalue weighted by Gasteiger charge is -2.47. The molecule has 2 aliphatic heterocycles. The van der Waals surface area contributed by atoms with Crippen molar-refractivity contribution < 1.29 is 9.16 Å². The van der Waals surface area contributed by atoms with E-state index in [4.69, 9.17) is 9.16 Å². The third-order valence-electron chi connectivity index (χ3n) is 7.81. The molecule has 0 N–H and O–H groups in total. The number of ether oxygens (including phenoxy) is 1. The first kappa shape index (κ1) is 24.1. The number of hydrogen-bond donors (Lipinski definition) is 0.